The topological polar surface area (TPSA) is 23.6 Å². The number of para-hydroxylation sites is 1. The fourth-order valence-corrected chi connectivity index (χ4v) is 2.66. The van der Waals surface area contributed by atoms with Crippen molar-refractivity contribution in [2.24, 2.45) is 0 Å². The first kappa shape index (κ1) is 13.1. The number of anilines is 1. The van der Waals surface area contributed by atoms with E-state index in [4.69, 9.17) is 0 Å². The third-order valence-electron chi connectivity index (χ3n) is 3.73. The van der Waals surface area contributed by atoms with Crippen LogP contribution in [0.5, 0.6) is 0 Å². The second-order valence-electron chi connectivity index (χ2n) is 4.91. The maximum Gasteiger partial charge on any atom is 0.241 e. The second-order valence-corrected chi connectivity index (χ2v) is 4.91. The van der Waals surface area contributed by atoms with Crippen LogP contribution in [-0.4, -0.2) is 36.5 Å². The number of hydrogen-bond acceptors (Lipinski definition) is 2. The fraction of sp³-hybridized carbons (Fsp3) is 0.533. The van der Waals surface area contributed by atoms with Gasteiger partial charge < -0.3 is 4.90 Å². The van der Waals surface area contributed by atoms with E-state index < -0.39 is 0 Å². The molecule has 0 radical (unpaired) electrons. The minimum Gasteiger partial charge on any atom is -0.308 e. The second kappa shape index (κ2) is 5.53. The number of nitrogens with zero attached hydrogens (tertiary/aromatic N) is 2. The Hall–Kier alpha value is -1.35. The fourth-order valence-electron chi connectivity index (χ4n) is 2.66. The molecule has 0 bridgehead atoms. The summed E-state index contributed by atoms with van der Waals surface area (Å²) in [5.41, 5.74) is 2.39. The van der Waals surface area contributed by atoms with Gasteiger partial charge in [-0.1, -0.05) is 32.0 Å². The summed E-state index contributed by atoms with van der Waals surface area (Å²) in [4.78, 5) is 16.6. The predicted molar refractivity (Wildman–Crippen MR) is 74.9 cm³/mol. The molecule has 1 unspecified atom stereocenters. The van der Waals surface area contributed by atoms with Gasteiger partial charge in [0.05, 0.1) is 6.54 Å². The Morgan fingerprint density at radius 2 is 2.00 bits per heavy atom. The Bertz CT molecular complexity index is 426. The molecule has 0 saturated heterocycles. The van der Waals surface area contributed by atoms with Crippen molar-refractivity contribution in [3.63, 3.8) is 0 Å². The molecule has 3 heteroatoms. The van der Waals surface area contributed by atoms with Gasteiger partial charge in [-0.15, -0.1) is 0 Å². The largest absolute Gasteiger partial charge is 0.308 e. The Morgan fingerprint density at radius 3 is 2.67 bits per heavy atom. The number of carbonyl (C=O) groups is 1. The van der Waals surface area contributed by atoms with Crippen molar-refractivity contribution in [2.75, 3.05) is 24.5 Å². The molecule has 1 aliphatic heterocycles. The molecule has 0 aliphatic carbocycles. The third kappa shape index (κ3) is 2.41. The van der Waals surface area contributed by atoms with E-state index in [1.807, 2.05) is 17.0 Å². The number of fused-ring (bicyclic) bond motifs is 1. The van der Waals surface area contributed by atoms with Gasteiger partial charge in [-0.05, 0) is 38.1 Å². The van der Waals surface area contributed by atoms with Crippen LogP contribution in [0.2, 0.25) is 0 Å². The molecular formula is C15H22N2O. The lowest BCUT2D eigenvalue weighted by Crippen LogP contribution is -2.43. The first-order chi connectivity index (χ1) is 8.67. The summed E-state index contributed by atoms with van der Waals surface area (Å²) in [6, 6.07) is 8.51. The van der Waals surface area contributed by atoms with E-state index in [1.165, 1.54) is 5.56 Å². The van der Waals surface area contributed by atoms with Gasteiger partial charge in [0.1, 0.15) is 0 Å². The van der Waals surface area contributed by atoms with Crippen molar-refractivity contribution in [2.45, 2.75) is 33.2 Å². The van der Waals surface area contributed by atoms with Crippen molar-refractivity contribution >= 4 is 11.6 Å². The molecule has 1 amide bonds. The number of rotatable bonds is 4. The van der Waals surface area contributed by atoms with E-state index in [2.05, 4.69) is 37.8 Å². The van der Waals surface area contributed by atoms with Crippen LogP contribution in [0, 0.1) is 0 Å². The summed E-state index contributed by atoms with van der Waals surface area (Å²) < 4.78 is 0. The number of likely N-dealkylation sites (N-methyl/N-ethyl adjacent to an activating group) is 1. The number of amides is 1. The van der Waals surface area contributed by atoms with E-state index in [9.17, 15) is 4.79 Å². The van der Waals surface area contributed by atoms with Crippen molar-refractivity contribution in [3.8, 4) is 0 Å². The standard InChI is InChI=1S/C15H22N2O/c1-4-16(5-2)11-15(18)17-12(3)10-13-8-6-7-9-14(13)17/h6-9,12H,4-5,10-11H2,1-3H3. The van der Waals surface area contributed by atoms with E-state index in [0.29, 0.717) is 6.54 Å². The monoisotopic (exact) mass is 246 g/mol. The summed E-state index contributed by atoms with van der Waals surface area (Å²) in [7, 11) is 0. The van der Waals surface area contributed by atoms with Crippen molar-refractivity contribution in [1.29, 1.82) is 0 Å². The van der Waals surface area contributed by atoms with Gasteiger partial charge in [-0.25, -0.2) is 0 Å². The highest BCUT2D eigenvalue weighted by molar-refractivity contribution is 5.97. The molecule has 1 aromatic rings. The van der Waals surface area contributed by atoms with Gasteiger partial charge in [0.2, 0.25) is 5.91 Å². The van der Waals surface area contributed by atoms with Crippen LogP contribution < -0.4 is 4.90 Å². The van der Waals surface area contributed by atoms with Gasteiger partial charge in [-0.3, -0.25) is 9.69 Å². The number of hydrogen-bond donors (Lipinski definition) is 0. The van der Waals surface area contributed by atoms with Crippen molar-refractivity contribution in [3.05, 3.63) is 29.8 Å². The Balaban J connectivity index is 2.15. The van der Waals surface area contributed by atoms with E-state index in [0.717, 1.165) is 25.2 Å². The molecule has 18 heavy (non-hydrogen) atoms. The average Bonchev–Trinajstić information content (AvgIpc) is 2.71. The molecule has 1 aliphatic rings. The Labute approximate surface area is 109 Å². The highest BCUT2D eigenvalue weighted by Gasteiger charge is 2.30. The van der Waals surface area contributed by atoms with E-state index in [-0.39, 0.29) is 11.9 Å². The summed E-state index contributed by atoms with van der Waals surface area (Å²) in [5, 5.41) is 0. The molecule has 2 rings (SSSR count). The van der Waals surface area contributed by atoms with Crippen molar-refractivity contribution in [1.82, 2.24) is 4.90 Å². The van der Waals surface area contributed by atoms with Crippen LogP contribution in [0.15, 0.2) is 24.3 Å². The summed E-state index contributed by atoms with van der Waals surface area (Å²) in [5.74, 6) is 0.219. The lowest BCUT2D eigenvalue weighted by molar-refractivity contribution is -0.120. The zero-order valence-corrected chi connectivity index (χ0v) is 11.5. The maximum absolute atomic E-state index is 12.4. The molecular weight excluding hydrogens is 224 g/mol. The minimum atomic E-state index is 0.219. The molecule has 0 fully saturated rings. The zero-order valence-electron chi connectivity index (χ0n) is 11.5. The molecule has 98 valence electrons. The van der Waals surface area contributed by atoms with Crippen LogP contribution in [0.3, 0.4) is 0 Å². The molecule has 0 spiro atoms. The molecule has 1 aromatic carbocycles. The van der Waals surface area contributed by atoms with Crippen molar-refractivity contribution < 1.29 is 4.79 Å². The lowest BCUT2D eigenvalue weighted by Gasteiger charge is -2.26. The van der Waals surface area contributed by atoms with Crippen LogP contribution in [0.4, 0.5) is 5.69 Å². The molecule has 1 heterocycles. The van der Waals surface area contributed by atoms with E-state index in [1.54, 1.807) is 0 Å². The molecule has 3 nitrogen and oxygen atoms in total. The van der Waals surface area contributed by atoms with Crippen LogP contribution in [-0.2, 0) is 11.2 Å². The number of carbonyl (C=O) groups excluding carboxylic acids is 1. The summed E-state index contributed by atoms with van der Waals surface area (Å²) in [6.07, 6.45) is 0.972. The molecule has 1 atom stereocenters. The van der Waals surface area contributed by atoms with Crippen LogP contribution >= 0.6 is 0 Å². The van der Waals surface area contributed by atoms with Gasteiger partial charge in [-0.2, -0.15) is 0 Å². The normalized spacial score (nSPS) is 18.2. The van der Waals surface area contributed by atoms with Gasteiger partial charge in [0, 0.05) is 11.7 Å². The molecule has 0 saturated carbocycles. The first-order valence-corrected chi connectivity index (χ1v) is 6.79. The SMILES string of the molecule is CCN(CC)CC(=O)N1c2ccccc2CC1C. The summed E-state index contributed by atoms with van der Waals surface area (Å²) in [6.45, 7) is 8.68. The zero-order chi connectivity index (χ0) is 13.1. The highest BCUT2D eigenvalue weighted by atomic mass is 16.2. The highest BCUT2D eigenvalue weighted by Crippen LogP contribution is 2.31. The van der Waals surface area contributed by atoms with Gasteiger partial charge in [0.15, 0.2) is 0 Å². The average molecular weight is 246 g/mol. The van der Waals surface area contributed by atoms with Gasteiger partial charge >= 0.3 is 0 Å². The Morgan fingerprint density at radius 1 is 1.33 bits per heavy atom. The molecule has 0 N–H and O–H groups in total. The first-order valence-electron chi connectivity index (χ1n) is 6.79. The third-order valence-corrected chi connectivity index (χ3v) is 3.73. The lowest BCUT2D eigenvalue weighted by atomic mass is 10.1. The number of benzene rings is 1. The Kier molecular flexibility index (Phi) is 4.02. The quantitative estimate of drug-likeness (QED) is 0.814. The van der Waals surface area contributed by atoms with Crippen LogP contribution in [0.1, 0.15) is 26.3 Å². The maximum atomic E-state index is 12.4. The smallest absolute Gasteiger partial charge is 0.241 e. The molecule has 0 aromatic heterocycles. The predicted octanol–water partition coefficient (Wildman–Crippen LogP) is 2.31. The van der Waals surface area contributed by atoms with E-state index >= 15 is 0 Å². The minimum absolute atomic E-state index is 0.219. The van der Waals surface area contributed by atoms with Crippen LogP contribution in [0.25, 0.3) is 0 Å². The van der Waals surface area contributed by atoms with Gasteiger partial charge in [0.25, 0.3) is 0 Å². The summed E-state index contributed by atoms with van der Waals surface area (Å²) >= 11 is 0.